The van der Waals surface area contributed by atoms with Gasteiger partial charge in [-0.2, -0.15) is 0 Å². The molecule has 2 aromatic carbocycles. The summed E-state index contributed by atoms with van der Waals surface area (Å²) in [5, 5.41) is 12.7. The Morgan fingerprint density at radius 1 is 1.04 bits per heavy atom. The van der Waals surface area contributed by atoms with Crippen LogP contribution in [0.5, 0.6) is 23.0 Å². The monoisotopic (exact) mass is 369 g/mol. The third-order valence-electron chi connectivity index (χ3n) is 4.68. The number of fused-ring (bicyclic) bond motifs is 1. The summed E-state index contributed by atoms with van der Waals surface area (Å²) >= 11 is 0. The van der Waals surface area contributed by atoms with Gasteiger partial charge in [0.1, 0.15) is 29.9 Å². The van der Waals surface area contributed by atoms with Gasteiger partial charge in [0.2, 0.25) is 11.2 Å². The Balaban J connectivity index is 1.99. The van der Waals surface area contributed by atoms with Crippen molar-refractivity contribution in [3.8, 4) is 23.0 Å². The molecule has 0 aliphatic heterocycles. The molecule has 1 N–H and O–H groups in total. The van der Waals surface area contributed by atoms with Gasteiger partial charge in [0.05, 0.1) is 25.6 Å². The van der Waals surface area contributed by atoms with E-state index in [-0.39, 0.29) is 16.9 Å². The Bertz CT molecular complexity index is 974. The Kier molecular flexibility index (Phi) is 5.66. The van der Waals surface area contributed by atoms with Crippen LogP contribution in [0.25, 0.3) is 11.0 Å². The van der Waals surface area contributed by atoms with E-state index >= 15 is 0 Å². The minimum absolute atomic E-state index is 0.0763. The minimum atomic E-state index is -0.303. The lowest BCUT2D eigenvalue weighted by Crippen LogP contribution is -3.10. The topological polar surface area (TPSA) is 76.2 Å². The van der Waals surface area contributed by atoms with Crippen LogP contribution in [0.1, 0.15) is 19.4 Å². The second kappa shape index (κ2) is 8.14. The summed E-state index contributed by atoms with van der Waals surface area (Å²) < 4.78 is 16.5. The first kappa shape index (κ1) is 18.8. The van der Waals surface area contributed by atoms with Gasteiger partial charge in [-0.15, -0.1) is 0 Å². The maximum absolute atomic E-state index is 12.8. The number of ether oxygens (including phenoxy) is 2. The van der Waals surface area contributed by atoms with Crippen molar-refractivity contribution < 1.29 is 23.9 Å². The van der Waals surface area contributed by atoms with Gasteiger partial charge < -0.3 is 23.9 Å². The Morgan fingerprint density at radius 3 is 2.33 bits per heavy atom. The molecule has 3 rings (SSSR count). The molecule has 142 valence electrons. The fourth-order valence-electron chi connectivity index (χ4n) is 2.98. The standard InChI is InChI=1S/C21H23NO5/c1-4-22(5-2)12-17-18(23)11-10-16-20(24)19(13-26-21(16)17)27-15-8-6-14(25-3)7-9-15/h6-11,13,23H,4-5,12H2,1-3H3. The third kappa shape index (κ3) is 3.90. The van der Waals surface area contributed by atoms with Crippen LogP contribution in [-0.4, -0.2) is 20.2 Å². The molecule has 6 heteroatoms. The first-order chi connectivity index (χ1) is 13.1. The second-order valence-electron chi connectivity index (χ2n) is 6.26. The fourth-order valence-corrected chi connectivity index (χ4v) is 2.98. The van der Waals surface area contributed by atoms with Crippen LogP contribution in [0.15, 0.2) is 51.9 Å². The lowest BCUT2D eigenvalue weighted by molar-refractivity contribution is -0.910. The summed E-state index contributed by atoms with van der Waals surface area (Å²) in [6, 6.07) is 9.83. The molecular formula is C21H23NO5. The average Bonchev–Trinajstić information content (AvgIpc) is 2.70. The van der Waals surface area contributed by atoms with E-state index in [0.29, 0.717) is 34.6 Å². The normalized spacial score (nSPS) is 11.1. The summed E-state index contributed by atoms with van der Waals surface area (Å²) in [6.45, 7) is 6.41. The van der Waals surface area contributed by atoms with Gasteiger partial charge in [-0.05, 0) is 44.2 Å². The van der Waals surface area contributed by atoms with Crippen LogP contribution in [0.2, 0.25) is 0 Å². The quantitative estimate of drug-likeness (QED) is 0.690. The van der Waals surface area contributed by atoms with Gasteiger partial charge in [0, 0.05) is 5.56 Å². The van der Waals surface area contributed by atoms with E-state index in [0.717, 1.165) is 13.1 Å². The number of hydrogen-bond acceptors (Lipinski definition) is 5. The number of rotatable bonds is 7. The molecule has 0 saturated heterocycles. The van der Waals surface area contributed by atoms with Crippen molar-refractivity contribution in [2.24, 2.45) is 0 Å². The molecule has 0 unspecified atom stereocenters. The van der Waals surface area contributed by atoms with Crippen molar-refractivity contribution in [1.29, 1.82) is 0 Å². The highest BCUT2D eigenvalue weighted by Crippen LogP contribution is 2.27. The van der Waals surface area contributed by atoms with E-state index < -0.39 is 0 Å². The van der Waals surface area contributed by atoms with Gasteiger partial charge in [0.15, 0.2) is 0 Å². The SMILES string of the molecule is CC[NH+](CC)Cc1c([O-])ccc2c(=O)c(Oc3ccc(OC)cc3)coc12. The third-order valence-corrected chi connectivity index (χ3v) is 4.68. The molecule has 1 aromatic heterocycles. The van der Waals surface area contributed by atoms with Gasteiger partial charge in [-0.25, -0.2) is 0 Å². The molecule has 1 heterocycles. The predicted octanol–water partition coefficient (Wildman–Crippen LogP) is 2.09. The van der Waals surface area contributed by atoms with Gasteiger partial charge >= 0.3 is 0 Å². The second-order valence-corrected chi connectivity index (χ2v) is 6.26. The molecule has 0 fully saturated rings. The number of nitrogens with one attached hydrogen (secondary N) is 1. The van der Waals surface area contributed by atoms with Crippen molar-refractivity contribution in [3.63, 3.8) is 0 Å². The molecule has 6 nitrogen and oxygen atoms in total. The van der Waals surface area contributed by atoms with Crippen molar-refractivity contribution in [1.82, 2.24) is 0 Å². The van der Waals surface area contributed by atoms with Gasteiger partial charge in [-0.3, -0.25) is 4.79 Å². The average molecular weight is 369 g/mol. The predicted molar refractivity (Wildman–Crippen MR) is 101 cm³/mol. The number of quaternary nitrogens is 1. The Morgan fingerprint density at radius 2 is 1.70 bits per heavy atom. The summed E-state index contributed by atoms with van der Waals surface area (Å²) in [5.74, 6) is 1.15. The van der Waals surface area contributed by atoms with Crippen molar-refractivity contribution in [2.45, 2.75) is 20.4 Å². The molecule has 0 bridgehead atoms. The first-order valence-corrected chi connectivity index (χ1v) is 8.97. The van der Waals surface area contributed by atoms with E-state index in [1.807, 2.05) is 0 Å². The molecule has 0 spiro atoms. The van der Waals surface area contributed by atoms with E-state index in [9.17, 15) is 9.90 Å². The van der Waals surface area contributed by atoms with Crippen molar-refractivity contribution in [2.75, 3.05) is 20.2 Å². The molecule has 0 radical (unpaired) electrons. The van der Waals surface area contributed by atoms with Crippen LogP contribution in [-0.2, 0) is 6.54 Å². The molecule has 0 aliphatic carbocycles. The summed E-state index contributed by atoms with van der Waals surface area (Å²) in [7, 11) is 1.58. The van der Waals surface area contributed by atoms with Crippen molar-refractivity contribution in [3.05, 3.63) is 58.4 Å². The zero-order valence-electron chi connectivity index (χ0n) is 15.7. The molecule has 3 aromatic rings. The van der Waals surface area contributed by atoms with Crippen LogP contribution in [0, 0.1) is 0 Å². The zero-order chi connectivity index (χ0) is 19.4. The van der Waals surface area contributed by atoms with E-state index in [4.69, 9.17) is 13.9 Å². The van der Waals surface area contributed by atoms with Crippen LogP contribution in [0.4, 0.5) is 0 Å². The fraction of sp³-hybridized carbons (Fsp3) is 0.286. The highest BCUT2D eigenvalue weighted by Gasteiger charge is 2.16. The molecule has 0 aliphatic rings. The number of benzene rings is 2. The lowest BCUT2D eigenvalue weighted by atomic mass is 10.1. The lowest BCUT2D eigenvalue weighted by Gasteiger charge is -2.20. The molecule has 0 amide bonds. The Hall–Kier alpha value is -2.99. The van der Waals surface area contributed by atoms with Crippen LogP contribution >= 0.6 is 0 Å². The Labute approximate surface area is 157 Å². The smallest absolute Gasteiger partial charge is 0.235 e. The summed E-state index contributed by atoms with van der Waals surface area (Å²) in [4.78, 5) is 14.1. The minimum Gasteiger partial charge on any atom is -0.872 e. The molecule has 0 atom stereocenters. The van der Waals surface area contributed by atoms with E-state index in [1.165, 1.54) is 23.3 Å². The highest BCUT2D eigenvalue weighted by molar-refractivity contribution is 5.82. The summed E-state index contributed by atoms with van der Waals surface area (Å²) in [6.07, 6.45) is 1.27. The largest absolute Gasteiger partial charge is 0.872 e. The number of hydrogen-bond donors (Lipinski definition) is 1. The van der Waals surface area contributed by atoms with Gasteiger partial charge in [0.25, 0.3) is 0 Å². The number of methoxy groups -OCH3 is 1. The van der Waals surface area contributed by atoms with Crippen molar-refractivity contribution >= 4 is 11.0 Å². The highest BCUT2D eigenvalue weighted by atomic mass is 16.5. The van der Waals surface area contributed by atoms with Crippen LogP contribution in [0.3, 0.4) is 0 Å². The first-order valence-electron chi connectivity index (χ1n) is 8.97. The maximum Gasteiger partial charge on any atom is 0.235 e. The van der Waals surface area contributed by atoms with E-state index in [2.05, 4.69) is 13.8 Å². The van der Waals surface area contributed by atoms with Gasteiger partial charge in [-0.1, -0.05) is 11.8 Å². The van der Waals surface area contributed by atoms with Crippen LogP contribution < -0.4 is 24.9 Å². The molecule has 27 heavy (non-hydrogen) atoms. The molecular weight excluding hydrogens is 346 g/mol. The van der Waals surface area contributed by atoms with E-state index in [1.54, 1.807) is 31.4 Å². The maximum atomic E-state index is 12.8. The molecule has 0 saturated carbocycles. The summed E-state index contributed by atoms with van der Waals surface area (Å²) in [5.41, 5.74) is 0.566. The zero-order valence-corrected chi connectivity index (χ0v) is 15.7.